The molecular formula is C18H16N4O3S2. The van der Waals surface area contributed by atoms with E-state index in [2.05, 4.69) is 15.1 Å². The highest BCUT2D eigenvalue weighted by Crippen LogP contribution is 2.24. The first-order valence-corrected chi connectivity index (χ1v) is 10.8. The lowest BCUT2D eigenvalue weighted by Crippen LogP contribution is -2.15. The minimum absolute atomic E-state index is 0.143. The van der Waals surface area contributed by atoms with E-state index in [4.69, 9.17) is 4.18 Å². The molecule has 27 heavy (non-hydrogen) atoms. The van der Waals surface area contributed by atoms with Crippen molar-refractivity contribution in [3.05, 3.63) is 60.4 Å². The van der Waals surface area contributed by atoms with Crippen LogP contribution in [-0.2, 0) is 10.1 Å². The number of nitrogens with zero attached hydrogens (tertiary/aromatic N) is 4. The highest BCUT2D eigenvalue weighted by atomic mass is 32.2. The van der Waals surface area contributed by atoms with Crippen LogP contribution in [0.5, 0.6) is 5.75 Å². The number of benzene rings is 2. The largest absolute Gasteiger partial charge is 0.382 e. The minimum Gasteiger partial charge on any atom is -0.382 e. The highest BCUT2D eigenvalue weighted by molar-refractivity contribution is 8.00. The van der Waals surface area contributed by atoms with Crippen LogP contribution >= 0.6 is 11.8 Å². The molecule has 2 aromatic carbocycles. The zero-order valence-corrected chi connectivity index (χ0v) is 16.1. The molecule has 2 aromatic heterocycles. The first-order chi connectivity index (χ1) is 13.0. The number of aromatic nitrogens is 4. The fraction of sp³-hybridized carbons (Fsp3) is 0.167. The Labute approximate surface area is 160 Å². The van der Waals surface area contributed by atoms with E-state index in [0.29, 0.717) is 22.4 Å². The number of rotatable bonds is 6. The molecule has 0 unspecified atom stereocenters. The second kappa shape index (κ2) is 7.16. The molecule has 0 aliphatic carbocycles. The number of aryl methyl sites for hydroxylation is 1. The van der Waals surface area contributed by atoms with E-state index in [0.717, 1.165) is 10.9 Å². The lowest BCUT2D eigenvalue weighted by Gasteiger charge is -2.08. The van der Waals surface area contributed by atoms with Crippen LogP contribution in [0, 0.1) is 6.92 Å². The maximum absolute atomic E-state index is 12.2. The third-order valence-electron chi connectivity index (χ3n) is 3.79. The molecule has 0 atom stereocenters. The molecule has 0 spiro atoms. The Bertz CT molecular complexity index is 1210. The molecule has 4 rings (SSSR count). The van der Waals surface area contributed by atoms with Crippen LogP contribution in [0.15, 0.2) is 59.8 Å². The first-order valence-electron chi connectivity index (χ1n) is 8.24. The Hall–Kier alpha value is -2.65. The standard InChI is InChI=1S/C18H16N4O3S2/c1-13-19-17-15-9-5-6-10-16(15)20-18(22(17)21-13)26-11-12-27(23,24)25-14-7-3-2-4-8-14/h2-10H,11-12H2,1H3. The van der Waals surface area contributed by atoms with Gasteiger partial charge in [-0.25, -0.2) is 9.97 Å². The molecule has 0 aliphatic heterocycles. The number of thioether (sulfide) groups is 1. The molecule has 0 saturated heterocycles. The smallest absolute Gasteiger partial charge is 0.310 e. The fourth-order valence-electron chi connectivity index (χ4n) is 2.63. The average Bonchev–Trinajstić information content (AvgIpc) is 3.04. The van der Waals surface area contributed by atoms with Gasteiger partial charge in [0.2, 0.25) is 0 Å². The molecule has 4 aromatic rings. The number of fused-ring (bicyclic) bond motifs is 3. The summed E-state index contributed by atoms with van der Waals surface area (Å²) in [5.41, 5.74) is 1.51. The monoisotopic (exact) mass is 400 g/mol. The van der Waals surface area contributed by atoms with Crippen molar-refractivity contribution in [3.8, 4) is 5.75 Å². The number of para-hydroxylation sites is 2. The van der Waals surface area contributed by atoms with Crippen molar-refractivity contribution >= 4 is 38.4 Å². The molecule has 0 saturated carbocycles. The van der Waals surface area contributed by atoms with Crippen molar-refractivity contribution in [2.75, 3.05) is 11.5 Å². The van der Waals surface area contributed by atoms with Gasteiger partial charge < -0.3 is 4.18 Å². The third-order valence-corrected chi connectivity index (χ3v) is 6.13. The lowest BCUT2D eigenvalue weighted by molar-refractivity contribution is 0.488. The van der Waals surface area contributed by atoms with Crippen molar-refractivity contribution in [2.45, 2.75) is 12.1 Å². The normalized spacial score (nSPS) is 11.9. The Kier molecular flexibility index (Phi) is 4.71. The summed E-state index contributed by atoms with van der Waals surface area (Å²) in [5, 5.41) is 5.89. The molecule has 9 heteroatoms. The molecule has 0 bridgehead atoms. The summed E-state index contributed by atoms with van der Waals surface area (Å²) in [6.07, 6.45) is 0. The van der Waals surface area contributed by atoms with Gasteiger partial charge >= 0.3 is 10.1 Å². The van der Waals surface area contributed by atoms with Crippen LogP contribution in [0.25, 0.3) is 16.6 Å². The number of hydrogen-bond acceptors (Lipinski definition) is 7. The summed E-state index contributed by atoms with van der Waals surface area (Å²) in [6.45, 7) is 1.81. The van der Waals surface area contributed by atoms with Gasteiger partial charge in [0.05, 0.1) is 11.3 Å². The fourth-order valence-corrected chi connectivity index (χ4v) is 4.86. The van der Waals surface area contributed by atoms with Crippen molar-refractivity contribution in [1.29, 1.82) is 0 Å². The maximum atomic E-state index is 12.2. The van der Waals surface area contributed by atoms with E-state index in [1.54, 1.807) is 34.8 Å². The quantitative estimate of drug-likeness (QED) is 0.279. The van der Waals surface area contributed by atoms with Gasteiger partial charge in [-0.15, -0.1) is 5.10 Å². The summed E-state index contributed by atoms with van der Waals surface area (Å²) in [6, 6.07) is 16.1. The lowest BCUT2D eigenvalue weighted by atomic mass is 10.2. The highest BCUT2D eigenvalue weighted by Gasteiger charge is 2.16. The SMILES string of the molecule is Cc1nc2c3ccccc3nc(SCCS(=O)(=O)Oc3ccccc3)n2n1. The van der Waals surface area contributed by atoms with E-state index in [1.165, 1.54) is 11.8 Å². The first kappa shape index (κ1) is 17.7. The van der Waals surface area contributed by atoms with Gasteiger partial charge in [-0.05, 0) is 31.2 Å². The second-order valence-electron chi connectivity index (χ2n) is 5.81. The summed E-state index contributed by atoms with van der Waals surface area (Å²) in [7, 11) is -3.69. The Morgan fingerprint density at radius 1 is 1.04 bits per heavy atom. The van der Waals surface area contributed by atoms with E-state index in [-0.39, 0.29) is 11.5 Å². The van der Waals surface area contributed by atoms with Gasteiger partial charge in [-0.2, -0.15) is 12.9 Å². The van der Waals surface area contributed by atoms with Crippen molar-refractivity contribution in [1.82, 2.24) is 19.6 Å². The summed E-state index contributed by atoms with van der Waals surface area (Å²) in [4.78, 5) is 9.08. The van der Waals surface area contributed by atoms with Crippen molar-refractivity contribution in [2.24, 2.45) is 0 Å². The Balaban J connectivity index is 1.55. The zero-order chi connectivity index (χ0) is 18.9. The molecular weight excluding hydrogens is 384 g/mol. The molecule has 0 fully saturated rings. The molecule has 0 aliphatic rings. The van der Waals surface area contributed by atoms with Crippen LogP contribution in [0.3, 0.4) is 0 Å². The average molecular weight is 400 g/mol. The molecule has 7 nitrogen and oxygen atoms in total. The van der Waals surface area contributed by atoms with Crippen LogP contribution in [0.4, 0.5) is 0 Å². The van der Waals surface area contributed by atoms with Gasteiger partial charge in [0.1, 0.15) is 11.6 Å². The van der Waals surface area contributed by atoms with Gasteiger partial charge in [-0.1, -0.05) is 42.1 Å². The van der Waals surface area contributed by atoms with E-state index in [1.807, 2.05) is 31.2 Å². The van der Waals surface area contributed by atoms with Gasteiger partial charge in [0, 0.05) is 11.1 Å². The second-order valence-corrected chi connectivity index (χ2v) is 8.56. The van der Waals surface area contributed by atoms with Crippen LogP contribution < -0.4 is 4.18 Å². The molecule has 2 heterocycles. The Morgan fingerprint density at radius 2 is 1.78 bits per heavy atom. The molecule has 138 valence electrons. The van der Waals surface area contributed by atoms with Crippen LogP contribution in [0.2, 0.25) is 0 Å². The maximum Gasteiger partial charge on any atom is 0.310 e. The van der Waals surface area contributed by atoms with Gasteiger partial charge in [0.15, 0.2) is 10.8 Å². The van der Waals surface area contributed by atoms with Crippen molar-refractivity contribution in [3.63, 3.8) is 0 Å². The Morgan fingerprint density at radius 3 is 2.59 bits per heavy atom. The van der Waals surface area contributed by atoms with Gasteiger partial charge in [0.25, 0.3) is 0 Å². The van der Waals surface area contributed by atoms with E-state index < -0.39 is 10.1 Å². The third kappa shape index (κ3) is 3.88. The van der Waals surface area contributed by atoms with Crippen LogP contribution in [-0.4, -0.2) is 39.5 Å². The van der Waals surface area contributed by atoms with Gasteiger partial charge in [-0.3, -0.25) is 0 Å². The number of hydrogen-bond donors (Lipinski definition) is 0. The summed E-state index contributed by atoms with van der Waals surface area (Å²) >= 11 is 1.31. The van der Waals surface area contributed by atoms with E-state index in [9.17, 15) is 8.42 Å². The van der Waals surface area contributed by atoms with E-state index >= 15 is 0 Å². The predicted octanol–water partition coefficient (Wildman–Crippen LogP) is 3.09. The van der Waals surface area contributed by atoms with Crippen LogP contribution in [0.1, 0.15) is 5.82 Å². The minimum atomic E-state index is -3.69. The molecule has 0 amide bonds. The van der Waals surface area contributed by atoms with Crippen molar-refractivity contribution < 1.29 is 12.6 Å². The summed E-state index contributed by atoms with van der Waals surface area (Å²) < 4.78 is 31.1. The summed E-state index contributed by atoms with van der Waals surface area (Å²) in [5.74, 6) is 1.08. The molecule has 0 N–H and O–H groups in total. The molecule has 0 radical (unpaired) electrons. The topological polar surface area (TPSA) is 86.5 Å². The zero-order valence-electron chi connectivity index (χ0n) is 14.4. The predicted molar refractivity (Wildman–Crippen MR) is 105 cm³/mol.